The highest BCUT2D eigenvalue weighted by Gasteiger charge is 1.98. The van der Waals surface area contributed by atoms with Gasteiger partial charge in [0.05, 0.1) is 0 Å². The van der Waals surface area contributed by atoms with Gasteiger partial charge < -0.3 is 15.0 Å². The number of hydrogen-bond acceptors (Lipinski definition) is 3. The molecule has 0 fully saturated rings. The molecule has 3 nitrogen and oxygen atoms in total. The molecule has 1 aromatic carbocycles. The molecule has 0 aliphatic rings. The molecule has 0 atom stereocenters. The molecule has 0 aliphatic heterocycles. The van der Waals surface area contributed by atoms with E-state index in [1.165, 1.54) is 5.69 Å². The smallest absolute Gasteiger partial charge is 0.0477 e. The van der Waals surface area contributed by atoms with E-state index in [-0.39, 0.29) is 0 Å². The average molecular weight is 236 g/mol. The van der Waals surface area contributed by atoms with Crippen LogP contribution in [0.3, 0.4) is 0 Å². The van der Waals surface area contributed by atoms with Crippen molar-refractivity contribution >= 4 is 5.69 Å². The summed E-state index contributed by atoms with van der Waals surface area (Å²) in [6, 6.07) is 10.5. The van der Waals surface area contributed by atoms with Crippen molar-refractivity contribution in [3.63, 3.8) is 0 Å². The predicted octanol–water partition coefficient (Wildman–Crippen LogP) is 2.14. The predicted molar refractivity (Wildman–Crippen MR) is 73.7 cm³/mol. The average Bonchev–Trinajstić information content (AvgIpc) is 2.38. The molecule has 0 aromatic heterocycles. The topological polar surface area (TPSA) is 24.5 Å². The first-order chi connectivity index (χ1) is 8.34. The fourth-order valence-electron chi connectivity index (χ4n) is 1.63. The number of ether oxygens (including phenoxy) is 1. The van der Waals surface area contributed by atoms with Crippen LogP contribution < -0.4 is 10.2 Å². The monoisotopic (exact) mass is 236 g/mol. The number of rotatable bonds is 9. The first-order valence-electron chi connectivity index (χ1n) is 6.39. The SMILES string of the molecule is CCOCCCNCCN(C)c1ccccc1. The van der Waals surface area contributed by atoms with E-state index in [1.807, 2.05) is 13.0 Å². The lowest BCUT2D eigenvalue weighted by Crippen LogP contribution is -2.29. The lowest BCUT2D eigenvalue weighted by molar-refractivity contribution is 0.145. The summed E-state index contributed by atoms with van der Waals surface area (Å²) in [5.74, 6) is 0. The molecule has 0 heterocycles. The summed E-state index contributed by atoms with van der Waals surface area (Å²) in [5, 5.41) is 3.42. The Hall–Kier alpha value is -1.06. The molecule has 0 aliphatic carbocycles. The maximum absolute atomic E-state index is 5.28. The normalized spacial score (nSPS) is 10.5. The van der Waals surface area contributed by atoms with Crippen LogP contribution in [0.4, 0.5) is 5.69 Å². The number of anilines is 1. The van der Waals surface area contributed by atoms with Gasteiger partial charge in [0.15, 0.2) is 0 Å². The lowest BCUT2D eigenvalue weighted by atomic mass is 10.3. The van der Waals surface area contributed by atoms with Crippen molar-refractivity contribution in [1.82, 2.24) is 5.32 Å². The highest BCUT2D eigenvalue weighted by Crippen LogP contribution is 2.09. The minimum atomic E-state index is 0.816. The van der Waals surface area contributed by atoms with Gasteiger partial charge in [-0.1, -0.05) is 18.2 Å². The Kier molecular flexibility index (Phi) is 7.43. The second-order valence-corrected chi connectivity index (χ2v) is 4.06. The van der Waals surface area contributed by atoms with Crippen LogP contribution in [-0.4, -0.2) is 39.9 Å². The molecule has 96 valence electrons. The van der Waals surface area contributed by atoms with E-state index in [9.17, 15) is 0 Å². The first kappa shape index (κ1) is 14.0. The van der Waals surface area contributed by atoms with Gasteiger partial charge in [-0.05, 0) is 32.0 Å². The zero-order chi connectivity index (χ0) is 12.3. The standard InChI is InChI=1S/C14H24N2O/c1-3-17-13-7-10-15-11-12-16(2)14-8-5-4-6-9-14/h4-6,8-9,15H,3,7,10-13H2,1-2H3. The zero-order valence-electron chi connectivity index (χ0n) is 11.0. The van der Waals surface area contributed by atoms with Gasteiger partial charge in [0.2, 0.25) is 0 Å². The Labute approximate surface area is 105 Å². The maximum atomic E-state index is 5.28. The van der Waals surface area contributed by atoms with Crippen molar-refractivity contribution in [2.24, 2.45) is 0 Å². The van der Waals surface area contributed by atoms with Crippen LogP contribution in [-0.2, 0) is 4.74 Å². The summed E-state index contributed by atoms with van der Waals surface area (Å²) in [6.45, 7) is 6.77. The molecule has 0 saturated heterocycles. The van der Waals surface area contributed by atoms with Gasteiger partial charge in [0, 0.05) is 39.0 Å². The van der Waals surface area contributed by atoms with E-state index >= 15 is 0 Å². The molecule has 1 aromatic rings. The molecule has 0 amide bonds. The summed E-state index contributed by atoms with van der Waals surface area (Å²) < 4.78 is 5.28. The number of hydrogen-bond donors (Lipinski definition) is 1. The van der Waals surface area contributed by atoms with Gasteiger partial charge in [-0.2, -0.15) is 0 Å². The lowest BCUT2D eigenvalue weighted by Gasteiger charge is -2.19. The summed E-state index contributed by atoms with van der Waals surface area (Å²) in [4.78, 5) is 2.26. The van der Waals surface area contributed by atoms with Crippen molar-refractivity contribution in [2.45, 2.75) is 13.3 Å². The van der Waals surface area contributed by atoms with Gasteiger partial charge in [0.1, 0.15) is 0 Å². The number of benzene rings is 1. The summed E-state index contributed by atoms with van der Waals surface area (Å²) in [5.41, 5.74) is 1.27. The molecule has 1 rings (SSSR count). The Morgan fingerprint density at radius 3 is 2.65 bits per heavy atom. The van der Waals surface area contributed by atoms with Crippen molar-refractivity contribution in [1.29, 1.82) is 0 Å². The fourth-order valence-corrected chi connectivity index (χ4v) is 1.63. The Balaban J connectivity index is 2.03. The Morgan fingerprint density at radius 2 is 1.94 bits per heavy atom. The molecule has 0 unspecified atom stereocenters. The minimum absolute atomic E-state index is 0.816. The van der Waals surface area contributed by atoms with E-state index in [4.69, 9.17) is 4.74 Å². The molecule has 0 radical (unpaired) electrons. The minimum Gasteiger partial charge on any atom is -0.382 e. The van der Waals surface area contributed by atoms with Gasteiger partial charge in [-0.3, -0.25) is 0 Å². The Morgan fingerprint density at radius 1 is 1.18 bits per heavy atom. The van der Waals surface area contributed by atoms with Crippen LogP contribution in [0.5, 0.6) is 0 Å². The molecule has 0 saturated carbocycles. The first-order valence-corrected chi connectivity index (χ1v) is 6.39. The molecule has 0 bridgehead atoms. The molecule has 3 heteroatoms. The molecule has 1 N–H and O–H groups in total. The third kappa shape index (κ3) is 6.29. The third-order valence-corrected chi connectivity index (χ3v) is 2.67. The van der Waals surface area contributed by atoms with Gasteiger partial charge >= 0.3 is 0 Å². The fraction of sp³-hybridized carbons (Fsp3) is 0.571. The summed E-state index contributed by atoms with van der Waals surface area (Å²) in [6.07, 6.45) is 1.09. The van der Waals surface area contributed by atoms with Gasteiger partial charge in [-0.25, -0.2) is 0 Å². The van der Waals surface area contributed by atoms with Crippen LogP contribution in [0.2, 0.25) is 0 Å². The number of likely N-dealkylation sites (N-methyl/N-ethyl adjacent to an activating group) is 1. The molecular weight excluding hydrogens is 212 g/mol. The van der Waals surface area contributed by atoms with E-state index < -0.39 is 0 Å². The molecular formula is C14H24N2O. The van der Waals surface area contributed by atoms with Crippen molar-refractivity contribution in [3.05, 3.63) is 30.3 Å². The second kappa shape index (κ2) is 9.02. The van der Waals surface area contributed by atoms with E-state index in [0.29, 0.717) is 0 Å². The van der Waals surface area contributed by atoms with Crippen LogP contribution in [0.1, 0.15) is 13.3 Å². The van der Waals surface area contributed by atoms with Crippen molar-refractivity contribution < 1.29 is 4.74 Å². The van der Waals surface area contributed by atoms with E-state index in [2.05, 4.69) is 41.5 Å². The van der Waals surface area contributed by atoms with E-state index in [0.717, 1.165) is 39.3 Å². The zero-order valence-corrected chi connectivity index (χ0v) is 11.0. The second-order valence-electron chi connectivity index (χ2n) is 4.06. The third-order valence-electron chi connectivity index (χ3n) is 2.67. The van der Waals surface area contributed by atoms with Gasteiger partial charge in [0.25, 0.3) is 0 Å². The van der Waals surface area contributed by atoms with E-state index in [1.54, 1.807) is 0 Å². The highest BCUT2D eigenvalue weighted by atomic mass is 16.5. The quantitative estimate of drug-likeness (QED) is 0.665. The summed E-state index contributed by atoms with van der Waals surface area (Å²) in [7, 11) is 2.12. The van der Waals surface area contributed by atoms with Crippen LogP contribution in [0, 0.1) is 0 Å². The molecule has 17 heavy (non-hydrogen) atoms. The van der Waals surface area contributed by atoms with Crippen molar-refractivity contribution in [2.75, 3.05) is 44.8 Å². The van der Waals surface area contributed by atoms with Crippen LogP contribution >= 0.6 is 0 Å². The molecule has 0 spiro atoms. The van der Waals surface area contributed by atoms with Gasteiger partial charge in [-0.15, -0.1) is 0 Å². The maximum Gasteiger partial charge on any atom is 0.0477 e. The van der Waals surface area contributed by atoms with Crippen molar-refractivity contribution in [3.8, 4) is 0 Å². The van der Waals surface area contributed by atoms with Crippen LogP contribution in [0.15, 0.2) is 30.3 Å². The summed E-state index contributed by atoms with van der Waals surface area (Å²) >= 11 is 0. The Bertz CT molecular complexity index is 277. The highest BCUT2D eigenvalue weighted by molar-refractivity contribution is 5.44. The number of nitrogens with zero attached hydrogens (tertiary/aromatic N) is 1. The van der Waals surface area contributed by atoms with Crippen LogP contribution in [0.25, 0.3) is 0 Å². The largest absolute Gasteiger partial charge is 0.382 e. The number of nitrogens with one attached hydrogen (secondary N) is 1. The number of para-hydroxylation sites is 1.